The Balaban J connectivity index is 1.61. The first-order valence-corrected chi connectivity index (χ1v) is 8.45. The van der Waals surface area contributed by atoms with E-state index < -0.39 is 11.9 Å². The summed E-state index contributed by atoms with van der Waals surface area (Å²) in [5.74, 6) is -0.274. The molecule has 1 amide bonds. The smallest absolute Gasteiger partial charge is 0.380 e. The van der Waals surface area contributed by atoms with Gasteiger partial charge in [-0.1, -0.05) is 24.3 Å². The lowest BCUT2D eigenvalue weighted by molar-refractivity contribution is -0.141. The van der Waals surface area contributed by atoms with Crippen molar-refractivity contribution in [1.29, 1.82) is 0 Å². The molecule has 0 bridgehead atoms. The van der Waals surface area contributed by atoms with Gasteiger partial charge >= 0.3 is 6.18 Å². The van der Waals surface area contributed by atoms with Crippen LogP contribution in [0.3, 0.4) is 0 Å². The first kappa shape index (κ1) is 19.6. The van der Waals surface area contributed by atoms with E-state index >= 15 is 0 Å². The number of nitrogens with zero attached hydrogens (tertiary/aromatic N) is 2. The van der Waals surface area contributed by atoms with Gasteiger partial charge in [0.25, 0.3) is 5.91 Å². The minimum atomic E-state index is -4.49. The van der Waals surface area contributed by atoms with Crippen LogP contribution in [-0.2, 0) is 24.1 Å². The van der Waals surface area contributed by atoms with E-state index in [4.69, 9.17) is 4.74 Å². The highest BCUT2D eigenvalue weighted by molar-refractivity contribution is 5.94. The molecule has 1 heterocycles. The van der Waals surface area contributed by atoms with E-state index in [1.54, 1.807) is 31.4 Å². The Morgan fingerprint density at radius 1 is 1.04 bits per heavy atom. The molecule has 1 aromatic heterocycles. The van der Waals surface area contributed by atoms with E-state index in [0.29, 0.717) is 24.4 Å². The molecule has 0 unspecified atom stereocenters. The number of methoxy groups -OCH3 is 1. The number of hydrogen-bond donors (Lipinski definition) is 1. The van der Waals surface area contributed by atoms with Gasteiger partial charge in [0.1, 0.15) is 0 Å². The summed E-state index contributed by atoms with van der Waals surface area (Å²) in [5, 5.41) is 6.31. The summed E-state index contributed by atoms with van der Waals surface area (Å²) < 4.78 is 44.1. The molecule has 3 rings (SSSR count). The second-order valence-corrected chi connectivity index (χ2v) is 6.12. The van der Waals surface area contributed by atoms with E-state index in [1.807, 2.05) is 24.3 Å². The lowest BCUT2D eigenvalue weighted by Crippen LogP contribution is -2.22. The third-order valence-corrected chi connectivity index (χ3v) is 4.06. The molecule has 0 aliphatic rings. The molecule has 3 aromatic rings. The summed E-state index contributed by atoms with van der Waals surface area (Å²) in [6.45, 7) is 0.891. The quantitative estimate of drug-likeness (QED) is 0.694. The Kier molecular flexibility index (Phi) is 5.79. The number of nitrogens with one attached hydrogen (secondary N) is 1. The molecule has 1 N–H and O–H groups in total. The van der Waals surface area contributed by atoms with Crippen molar-refractivity contribution in [2.45, 2.75) is 19.3 Å². The first-order chi connectivity index (χ1) is 13.4. The summed E-state index contributed by atoms with van der Waals surface area (Å²) >= 11 is 0. The van der Waals surface area contributed by atoms with E-state index in [-0.39, 0.29) is 5.91 Å². The van der Waals surface area contributed by atoms with Crippen molar-refractivity contribution in [3.63, 3.8) is 0 Å². The third kappa shape index (κ3) is 4.77. The van der Waals surface area contributed by atoms with Crippen molar-refractivity contribution in [3.8, 4) is 5.69 Å². The summed E-state index contributed by atoms with van der Waals surface area (Å²) in [5.41, 5.74) is 1.86. The minimum Gasteiger partial charge on any atom is -0.380 e. The molecule has 0 saturated heterocycles. The molecule has 0 spiro atoms. The van der Waals surface area contributed by atoms with E-state index in [0.717, 1.165) is 21.9 Å². The molecular formula is C20H18F3N3O2. The molecule has 0 atom stereocenters. The highest BCUT2D eigenvalue weighted by Crippen LogP contribution is 2.27. The number of carbonyl (C=O) groups excluding carboxylic acids is 1. The minimum absolute atomic E-state index is 0.274. The standard InChI is InChI=1S/C20H18F3N3O2/c1-28-13-15-4-2-14(3-5-15)12-24-19(27)16-6-8-17(9-7-16)26-11-10-18(25-26)20(21,22)23/h2-11H,12-13H2,1H3,(H,24,27). The van der Waals surface area contributed by atoms with E-state index in [9.17, 15) is 18.0 Å². The lowest BCUT2D eigenvalue weighted by atomic mass is 10.1. The average molecular weight is 389 g/mol. The van der Waals surface area contributed by atoms with Crippen LogP contribution in [0, 0.1) is 0 Å². The zero-order valence-electron chi connectivity index (χ0n) is 15.0. The predicted molar refractivity (Wildman–Crippen MR) is 96.9 cm³/mol. The van der Waals surface area contributed by atoms with Gasteiger partial charge in [-0.05, 0) is 41.5 Å². The van der Waals surface area contributed by atoms with Crippen LogP contribution in [0.15, 0.2) is 60.8 Å². The van der Waals surface area contributed by atoms with Gasteiger partial charge in [0, 0.05) is 25.4 Å². The van der Waals surface area contributed by atoms with Crippen molar-refractivity contribution in [2.24, 2.45) is 0 Å². The number of rotatable bonds is 6. The number of alkyl halides is 3. The van der Waals surface area contributed by atoms with Crippen molar-refractivity contribution < 1.29 is 22.7 Å². The van der Waals surface area contributed by atoms with Crippen LogP contribution in [-0.4, -0.2) is 22.8 Å². The summed E-state index contributed by atoms with van der Waals surface area (Å²) in [7, 11) is 1.63. The molecule has 0 radical (unpaired) electrons. The second-order valence-electron chi connectivity index (χ2n) is 6.12. The largest absolute Gasteiger partial charge is 0.435 e. The number of carbonyl (C=O) groups is 1. The maximum atomic E-state index is 12.6. The Hall–Kier alpha value is -3.13. The highest BCUT2D eigenvalue weighted by atomic mass is 19.4. The lowest BCUT2D eigenvalue weighted by Gasteiger charge is -2.08. The zero-order valence-corrected chi connectivity index (χ0v) is 15.0. The van der Waals surface area contributed by atoms with Crippen LogP contribution in [0.2, 0.25) is 0 Å². The van der Waals surface area contributed by atoms with Gasteiger partial charge in [0.05, 0.1) is 12.3 Å². The van der Waals surface area contributed by atoms with Crippen LogP contribution < -0.4 is 5.32 Å². The Morgan fingerprint density at radius 3 is 2.25 bits per heavy atom. The molecule has 8 heteroatoms. The van der Waals surface area contributed by atoms with Crippen molar-refractivity contribution in [1.82, 2.24) is 15.1 Å². The molecule has 0 aliphatic carbocycles. The molecule has 146 valence electrons. The van der Waals surface area contributed by atoms with E-state index in [2.05, 4.69) is 10.4 Å². The van der Waals surface area contributed by atoms with Crippen LogP contribution in [0.5, 0.6) is 0 Å². The Labute approximate surface area is 159 Å². The van der Waals surface area contributed by atoms with Crippen molar-refractivity contribution >= 4 is 5.91 Å². The number of hydrogen-bond acceptors (Lipinski definition) is 3. The monoisotopic (exact) mass is 389 g/mol. The normalized spacial score (nSPS) is 11.4. The van der Waals surface area contributed by atoms with Gasteiger partial charge in [-0.25, -0.2) is 4.68 Å². The number of halogens is 3. The third-order valence-electron chi connectivity index (χ3n) is 4.06. The topological polar surface area (TPSA) is 56.1 Å². The molecular weight excluding hydrogens is 371 g/mol. The average Bonchev–Trinajstić information content (AvgIpc) is 3.18. The van der Waals surface area contributed by atoms with Crippen LogP contribution in [0.4, 0.5) is 13.2 Å². The molecule has 0 saturated carbocycles. The fourth-order valence-electron chi connectivity index (χ4n) is 2.59. The van der Waals surface area contributed by atoms with Gasteiger partial charge in [-0.2, -0.15) is 18.3 Å². The SMILES string of the molecule is COCc1ccc(CNC(=O)c2ccc(-n3ccc(C(F)(F)F)n3)cc2)cc1. The number of benzene rings is 2. The fraction of sp³-hybridized carbons (Fsp3) is 0.200. The molecule has 5 nitrogen and oxygen atoms in total. The van der Waals surface area contributed by atoms with Gasteiger partial charge in [0.2, 0.25) is 0 Å². The Morgan fingerprint density at radius 2 is 1.68 bits per heavy atom. The number of ether oxygens (including phenoxy) is 1. The Bertz CT molecular complexity index is 933. The van der Waals surface area contributed by atoms with Crippen LogP contribution in [0.25, 0.3) is 5.69 Å². The molecule has 0 aliphatic heterocycles. The highest BCUT2D eigenvalue weighted by Gasteiger charge is 2.33. The first-order valence-electron chi connectivity index (χ1n) is 8.45. The number of aromatic nitrogens is 2. The van der Waals surface area contributed by atoms with Gasteiger partial charge in [-0.3, -0.25) is 4.79 Å². The maximum absolute atomic E-state index is 12.6. The van der Waals surface area contributed by atoms with Crippen molar-refractivity contribution in [3.05, 3.63) is 83.2 Å². The second kappa shape index (κ2) is 8.26. The fourth-order valence-corrected chi connectivity index (χ4v) is 2.59. The molecule has 28 heavy (non-hydrogen) atoms. The summed E-state index contributed by atoms with van der Waals surface area (Å²) in [6, 6.07) is 14.8. The molecule has 2 aromatic carbocycles. The summed E-state index contributed by atoms with van der Waals surface area (Å²) in [4.78, 5) is 12.3. The number of amides is 1. The zero-order chi connectivity index (χ0) is 20.1. The maximum Gasteiger partial charge on any atom is 0.435 e. The van der Waals surface area contributed by atoms with Gasteiger partial charge in [-0.15, -0.1) is 0 Å². The summed E-state index contributed by atoms with van der Waals surface area (Å²) in [6.07, 6.45) is -3.27. The van der Waals surface area contributed by atoms with Crippen LogP contribution >= 0.6 is 0 Å². The van der Waals surface area contributed by atoms with Crippen molar-refractivity contribution in [2.75, 3.05) is 7.11 Å². The molecule has 0 fully saturated rings. The van der Waals surface area contributed by atoms with Gasteiger partial charge in [0.15, 0.2) is 5.69 Å². The predicted octanol–water partition coefficient (Wildman–Crippen LogP) is 3.97. The van der Waals surface area contributed by atoms with Gasteiger partial charge < -0.3 is 10.1 Å². The van der Waals surface area contributed by atoms with E-state index in [1.165, 1.54) is 6.20 Å². The van der Waals surface area contributed by atoms with Crippen LogP contribution in [0.1, 0.15) is 27.2 Å².